The van der Waals surface area contributed by atoms with Crippen LogP contribution in [0.3, 0.4) is 0 Å². The number of carbonyl (C=O) groups excluding carboxylic acids is 5. The summed E-state index contributed by atoms with van der Waals surface area (Å²) >= 11 is 0. The van der Waals surface area contributed by atoms with Gasteiger partial charge in [0.15, 0.2) is 30.6 Å². The third kappa shape index (κ3) is 12.0. The molecular weight excluding hydrogens is 1240 g/mol. The molecule has 26 nitrogen and oxygen atoms in total. The van der Waals surface area contributed by atoms with Crippen molar-refractivity contribution in [1.29, 1.82) is 0 Å². The summed E-state index contributed by atoms with van der Waals surface area (Å²) < 4.78 is 57.6. The third-order valence-electron chi connectivity index (χ3n) is 18.8. The van der Waals surface area contributed by atoms with Gasteiger partial charge in [-0.25, -0.2) is 15.0 Å². The Kier molecular flexibility index (Phi) is 18.0. The van der Waals surface area contributed by atoms with E-state index in [1.807, 2.05) is 13.0 Å². The van der Waals surface area contributed by atoms with Crippen molar-refractivity contribution in [2.75, 3.05) is 27.9 Å². The summed E-state index contributed by atoms with van der Waals surface area (Å²) in [7, 11) is 4.46. The van der Waals surface area contributed by atoms with Crippen molar-refractivity contribution >= 4 is 46.1 Å². The first-order valence-corrected chi connectivity index (χ1v) is 30.7. The minimum Gasteiger partial charge on any atom is -0.507 e. The molecule has 0 spiro atoms. The van der Waals surface area contributed by atoms with E-state index in [9.17, 15) is 59.7 Å². The molecule has 0 saturated carbocycles. The summed E-state index contributed by atoms with van der Waals surface area (Å²) in [4.78, 5) is 66.1. The number of amides is 1. The van der Waals surface area contributed by atoms with Gasteiger partial charge in [0.1, 0.15) is 70.9 Å². The van der Waals surface area contributed by atoms with Crippen LogP contribution in [0.4, 0.5) is 4.79 Å². The standard InChI is InChI=1S/C35H35NO12.C34H35N3O10/c1-16-12-19(42-4)14-22-20(16)8-9-23(37)27(22)32(40)45-24-13-18-10-11-35(26-15-43-34(41)46-26)25(48-35)7-5-6-21(18)31(24)47-33-28(36-3)30(39)29(38)17(2)44-33;1-15-28(38)20(35)12-23(46-15)47-22-14-34(44,16(2)36-37-33(43)17-8-5-4-6-9-17)13-19-25(22)32(42)27-26(30(19)40)29(39)18-10-7-11-21(45-3)24(18)31(27)41/h8-9,12-14,17,21,24-26,28-31,33,36-39H,6,15H2,1-4H3;4-11,15,20,22-23,28,38,40,42,44H,12-14,35H2,1-3H3,(H,37,43)/b;36-16+/t17-,21?,24-,25-,26-,28-,29+,30-,31-,33-,35+;15-,20-,22-,23-,28+,34-/m10/s1. The molecule has 17 atom stereocenters. The fraction of sp³-hybridized carbons (Fsp3) is 0.420. The molecule has 4 fully saturated rings. The fourth-order valence-electron chi connectivity index (χ4n) is 13.4. The average Bonchev–Trinajstić information content (AvgIpc) is 0.777. The van der Waals surface area contributed by atoms with Gasteiger partial charge in [0.25, 0.3) is 5.91 Å². The maximum atomic E-state index is 14.0. The van der Waals surface area contributed by atoms with E-state index in [0.29, 0.717) is 22.3 Å². The average molecular weight is 1310 g/mol. The van der Waals surface area contributed by atoms with Gasteiger partial charge in [0.05, 0.1) is 67.1 Å². The number of aliphatic hydroxyl groups is 4. The highest BCUT2D eigenvalue weighted by molar-refractivity contribution is 6.31. The number of rotatable bonds is 13. The molecule has 4 aliphatic heterocycles. The van der Waals surface area contributed by atoms with Crippen molar-refractivity contribution in [3.05, 3.63) is 135 Å². The second kappa shape index (κ2) is 26.0. The number of aliphatic hydroxyl groups excluding tert-OH is 3. The molecule has 498 valence electrons. The lowest BCUT2D eigenvalue weighted by Gasteiger charge is -2.43. The van der Waals surface area contributed by atoms with Gasteiger partial charge in [-0.05, 0) is 88.2 Å². The highest BCUT2D eigenvalue weighted by atomic mass is 16.8. The minimum absolute atomic E-state index is 0.0196. The maximum absolute atomic E-state index is 14.0. The zero-order valence-electron chi connectivity index (χ0n) is 52.5. The van der Waals surface area contributed by atoms with Gasteiger partial charge in [0.2, 0.25) is 11.4 Å². The SMILES string of the molecule is CN[C@H]1[C@@H](O[C@@H]2C3CC#C[C@H]4O[C@@]4([C@H]4COC(=O)O4)C#CC3=C[C@H]2OC(=O)c2c(O)ccc3c(C)cc(OC)cc23)O[C@H](C)[C@H](O)[C@@H]1O.COc1cccc2c1C(=O)c1c(O)c3c(c(O)c1C2=O)C[C@@](O)(/C(C)=N/NC(=O)c1ccccc1)C[C@@H]3O[C@H]1C[C@H](N)[C@H](O)[C@H](C)O1. The summed E-state index contributed by atoms with van der Waals surface area (Å²) in [5.74, 6) is 8.23. The quantitative estimate of drug-likeness (QED) is 0.0197. The highest BCUT2D eigenvalue weighted by Gasteiger charge is 2.65. The number of carbonyl (C=O) groups is 5. The van der Waals surface area contributed by atoms with Crippen LogP contribution in [0.1, 0.15) is 115 Å². The van der Waals surface area contributed by atoms with E-state index in [2.05, 4.69) is 39.5 Å². The molecule has 1 unspecified atom stereocenters. The molecule has 4 saturated heterocycles. The number of nitrogens with two attached hydrogens (primary N) is 1. The highest BCUT2D eigenvalue weighted by Crippen LogP contribution is 2.53. The zero-order chi connectivity index (χ0) is 67.7. The predicted octanol–water partition coefficient (Wildman–Crippen LogP) is 3.71. The van der Waals surface area contributed by atoms with Crippen LogP contribution in [-0.2, 0) is 44.3 Å². The summed E-state index contributed by atoms with van der Waals surface area (Å²) in [5, 5.41) is 86.3. The van der Waals surface area contributed by atoms with Crippen LogP contribution in [-0.4, -0.2) is 190 Å². The van der Waals surface area contributed by atoms with Crippen LogP contribution >= 0.6 is 0 Å². The Morgan fingerprint density at radius 1 is 0.853 bits per heavy atom. The molecule has 0 radical (unpaired) electrons. The summed E-state index contributed by atoms with van der Waals surface area (Å²) in [6.07, 6.45) is -11.0. The third-order valence-corrected chi connectivity index (χ3v) is 18.8. The van der Waals surface area contributed by atoms with Crippen LogP contribution in [0, 0.1) is 36.5 Å². The number of phenols is 3. The van der Waals surface area contributed by atoms with Crippen LogP contribution in [0.15, 0.2) is 89.5 Å². The molecule has 0 bridgehead atoms. The number of cyclic esters (lactones) is 2. The number of ether oxygens (including phenoxy) is 10. The number of methoxy groups -OCH3 is 2. The minimum atomic E-state index is -1.88. The van der Waals surface area contributed by atoms with Crippen LogP contribution < -0.4 is 25.9 Å². The van der Waals surface area contributed by atoms with E-state index in [0.717, 1.165) is 10.9 Å². The van der Waals surface area contributed by atoms with Gasteiger partial charge in [-0.2, -0.15) is 5.10 Å². The topological polar surface area (TPSA) is 385 Å². The number of likely N-dealkylation sites (N-methyl/N-ethyl adjacent to an activating group) is 1. The first-order valence-electron chi connectivity index (χ1n) is 30.7. The van der Waals surface area contributed by atoms with E-state index in [-0.39, 0.29) is 77.3 Å². The normalized spacial score (nSPS) is 31.7. The smallest absolute Gasteiger partial charge is 0.507 e. The van der Waals surface area contributed by atoms with Gasteiger partial charge in [0, 0.05) is 70.9 Å². The zero-order valence-corrected chi connectivity index (χ0v) is 52.5. The Balaban J connectivity index is 0.000000182. The Morgan fingerprint density at radius 3 is 2.31 bits per heavy atom. The number of hydrazone groups is 1. The number of ketones is 2. The van der Waals surface area contributed by atoms with E-state index < -0.39 is 155 Å². The van der Waals surface area contributed by atoms with Crippen molar-refractivity contribution in [1.82, 2.24) is 10.7 Å². The predicted molar refractivity (Wildman–Crippen MR) is 332 cm³/mol. The number of fused-ring (bicyclic) bond motifs is 6. The molecule has 26 heteroatoms. The molecule has 4 aliphatic carbocycles. The second-order valence-corrected chi connectivity index (χ2v) is 24.5. The van der Waals surface area contributed by atoms with Crippen molar-refractivity contribution < 1.29 is 107 Å². The Bertz CT molecular complexity index is 4140. The number of hydrogen-bond donors (Lipinski definition) is 10. The number of nitrogens with one attached hydrogen (secondary N) is 2. The fourth-order valence-corrected chi connectivity index (χ4v) is 13.4. The van der Waals surface area contributed by atoms with Gasteiger partial charge in [-0.15, -0.1) is 0 Å². The van der Waals surface area contributed by atoms with Crippen molar-refractivity contribution in [2.45, 2.75) is 150 Å². The van der Waals surface area contributed by atoms with Gasteiger partial charge in [-0.1, -0.05) is 60.1 Å². The number of aryl methyl sites for hydroxylation is 1. The maximum Gasteiger partial charge on any atom is 0.508 e. The molecular formula is C69H70N4O22. The summed E-state index contributed by atoms with van der Waals surface area (Å²) in [6.45, 7) is 6.55. The molecule has 0 aromatic heterocycles. The molecule has 8 aliphatic rings. The van der Waals surface area contributed by atoms with Crippen LogP contribution in [0.2, 0.25) is 0 Å². The van der Waals surface area contributed by atoms with Crippen LogP contribution in [0.25, 0.3) is 10.8 Å². The number of phenolic OH excluding ortho intramolecular Hbond substituents is 3. The first-order chi connectivity index (χ1) is 45.4. The van der Waals surface area contributed by atoms with Crippen molar-refractivity contribution in [2.24, 2.45) is 16.8 Å². The van der Waals surface area contributed by atoms with Crippen molar-refractivity contribution in [3.8, 4) is 52.4 Å². The molecule has 5 aromatic rings. The molecule has 13 rings (SSSR count). The first kappa shape index (κ1) is 66.0. The largest absolute Gasteiger partial charge is 0.508 e. The van der Waals surface area contributed by atoms with Crippen LogP contribution in [0.5, 0.6) is 28.7 Å². The van der Waals surface area contributed by atoms with E-state index in [1.165, 1.54) is 45.4 Å². The molecule has 11 N–H and O–H groups in total. The molecule has 95 heavy (non-hydrogen) atoms. The van der Waals surface area contributed by atoms with E-state index in [1.54, 1.807) is 69.4 Å². The van der Waals surface area contributed by atoms with Gasteiger partial charge in [-0.3, -0.25) is 14.4 Å². The number of esters is 1. The second-order valence-electron chi connectivity index (χ2n) is 24.5. The number of aromatic hydroxyl groups is 3. The lowest BCUT2D eigenvalue weighted by molar-refractivity contribution is -0.281. The Hall–Kier alpha value is -9.00. The van der Waals surface area contributed by atoms with Gasteiger partial charge < -0.3 is 94.2 Å². The van der Waals surface area contributed by atoms with E-state index in [4.69, 9.17) is 53.1 Å². The lowest BCUT2D eigenvalue weighted by Crippen LogP contribution is -2.63. The summed E-state index contributed by atoms with van der Waals surface area (Å²) in [5.41, 5.74) is 6.19. The Morgan fingerprint density at radius 2 is 1.60 bits per heavy atom. The molecule has 4 heterocycles. The number of nitrogens with zero attached hydrogens (tertiary/aromatic N) is 1. The number of epoxide rings is 1. The van der Waals surface area contributed by atoms with Crippen molar-refractivity contribution in [3.63, 3.8) is 0 Å². The lowest BCUT2D eigenvalue weighted by atomic mass is 9.71. The molecule has 5 aromatic carbocycles. The summed E-state index contributed by atoms with van der Waals surface area (Å²) in [6, 6.07) is 17.9. The van der Waals surface area contributed by atoms with Gasteiger partial charge >= 0.3 is 12.1 Å². The number of benzene rings is 5. The number of hydrogen-bond acceptors (Lipinski definition) is 25. The molecule has 1 amide bonds. The van der Waals surface area contributed by atoms with E-state index >= 15 is 0 Å². The Labute approximate surface area is 543 Å². The monoisotopic (exact) mass is 1310 g/mol.